The maximum Gasteiger partial charge on any atom is 0.314 e. The molecule has 1 N–H and O–H groups in total. The average molecular weight is 252 g/mol. The van der Waals surface area contributed by atoms with Crippen LogP contribution in [0, 0.1) is 5.82 Å². The van der Waals surface area contributed by atoms with E-state index in [1.807, 2.05) is 0 Å². The van der Waals surface area contributed by atoms with Gasteiger partial charge >= 0.3 is 5.97 Å². The summed E-state index contributed by atoms with van der Waals surface area (Å²) in [6.07, 6.45) is 2.79. The van der Waals surface area contributed by atoms with E-state index in [-0.39, 0.29) is 12.5 Å². The molecule has 1 aromatic rings. The third-order valence-corrected chi connectivity index (χ3v) is 3.85. The molecule has 0 saturated heterocycles. The van der Waals surface area contributed by atoms with Gasteiger partial charge in [0.2, 0.25) is 12.5 Å². The quantitative estimate of drug-likeness (QED) is 0.878. The fourth-order valence-corrected chi connectivity index (χ4v) is 2.85. The van der Waals surface area contributed by atoms with E-state index < -0.39 is 17.2 Å². The average Bonchev–Trinajstić information content (AvgIpc) is 2.98. The van der Waals surface area contributed by atoms with Crippen molar-refractivity contribution in [3.05, 3.63) is 23.5 Å². The monoisotopic (exact) mass is 252 g/mol. The molecule has 0 unspecified atom stereocenters. The van der Waals surface area contributed by atoms with E-state index in [0.29, 0.717) is 24.2 Å². The van der Waals surface area contributed by atoms with Crippen molar-refractivity contribution in [3.63, 3.8) is 0 Å². The van der Waals surface area contributed by atoms with Crippen molar-refractivity contribution in [1.82, 2.24) is 0 Å². The van der Waals surface area contributed by atoms with Crippen molar-refractivity contribution >= 4 is 5.97 Å². The third-order valence-electron chi connectivity index (χ3n) is 3.85. The lowest BCUT2D eigenvalue weighted by molar-refractivity contribution is -0.143. The van der Waals surface area contributed by atoms with E-state index in [1.54, 1.807) is 6.07 Å². The first-order valence-electron chi connectivity index (χ1n) is 5.96. The highest BCUT2D eigenvalue weighted by atomic mass is 19.1. The summed E-state index contributed by atoms with van der Waals surface area (Å²) in [5.41, 5.74) is -0.490. The molecule has 1 heterocycles. The van der Waals surface area contributed by atoms with Gasteiger partial charge in [-0.25, -0.2) is 4.39 Å². The van der Waals surface area contributed by atoms with E-state index in [0.717, 1.165) is 12.8 Å². The van der Waals surface area contributed by atoms with Crippen LogP contribution in [0.5, 0.6) is 11.5 Å². The molecule has 0 radical (unpaired) electrons. The molecule has 1 aliphatic carbocycles. The molecule has 96 valence electrons. The molecule has 1 aromatic carbocycles. The minimum Gasteiger partial charge on any atom is -0.481 e. The number of carboxylic acid groups (broad SMARTS) is 1. The van der Waals surface area contributed by atoms with Gasteiger partial charge in [0.1, 0.15) is 0 Å². The zero-order valence-electron chi connectivity index (χ0n) is 9.74. The zero-order valence-corrected chi connectivity index (χ0v) is 9.74. The van der Waals surface area contributed by atoms with Gasteiger partial charge < -0.3 is 14.6 Å². The first-order valence-corrected chi connectivity index (χ1v) is 5.96. The van der Waals surface area contributed by atoms with Crippen LogP contribution >= 0.6 is 0 Å². The molecule has 2 aliphatic rings. The Balaban J connectivity index is 2.11. The minimum atomic E-state index is -0.970. The lowest BCUT2D eigenvalue weighted by Crippen LogP contribution is -2.32. The Kier molecular flexibility index (Phi) is 2.43. The Bertz CT molecular complexity index is 506. The smallest absolute Gasteiger partial charge is 0.314 e. The number of hydrogen-bond acceptors (Lipinski definition) is 3. The number of aliphatic carboxylic acids is 1. The summed E-state index contributed by atoms with van der Waals surface area (Å²) in [7, 11) is 0. The van der Waals surface area contributed by atoms with Crippen LogP contribution in [-0.4, -0.2) is 17.9 Å². The molecule has 1 saturated carbocycles. The molecule has 0 aromatic heterocycles. The lowest BCUT2D eigenvalue weighted by atomic mass is 9.79. The van der Waals surface area contributed by atoms with Gasteiger partial charge in [-0.3, -0.25) is 4.79 Å². The number of fused-ring (bicyclic) bond motifs is 1. The molecule has 1 fully saturated rings. The topological polar surface area (TPSA) is 55.8 Å². The first kappa shape index (κ1) is 11.3. The first-order chi connectivity index (χ1) is 8.63. The molecule has 0 bridgehead atoms. The maximum absolute atomic E-state index is 13.8. The Hall–Kier alpha value is -1.78. The van der Waals surface area contributed by atoms with Crippen LogP contribution in [0.15, 0.2) is 12.1 Å². The molecule has 1 aliphatic heterocycles. The summed E-state index contributed by atoms with van der Waals surface area (Å²) in [5.74, 6) is -1.05. The minimum absolute atomic E-state index is 0.0181. The normalized spacial score (nSPS) is 20.1. The molecule has 18 heavy (non-hydrogen) atoms. The Morgan fingerprint density at radius 2 is 2.00 bits per heavy atom. The third kappa shape index (κ3) is 1.46. The van der Waals surface area contributed by atoms with Crippen LogP contribution in [0.1, 0.15) is 31.2 Å². The second-order valence-corrected chi connectivity index (χ2v) is 4.79. The summed E-state index contributed by atoms with van der Waals surface area (Å²) in [4.78, 5) is 11.5. The van der Waals surface area contributed by atoms with E-state index in [1.165, 1.54) is 6.07 Å². The van der Waals surface area contributed by atoms with Crippen molar-refractivity contribution in [2.24, 2.45) is 0 Å². The van der Waals surface area contributed by atoms with Gasteiger partial charge in [-0.2, -0.15) is 0 Å². The van der Waals surface area contributed by atoms with Crippen molar-refractivity contribution in [2.45, 2.75) is 31.1 Å². The molecule has 0 spiro atoms. The van der Waals surface area contributed by atoms with E-state index in [2.05, 4.69) is 0 Å². The van der Waals surface area contributed by atoms with Gasteiger partial charge in [0.05, 0.1) is 5.41 Å². The summed E-state index contributed by atoms with van der Waals surface area (Å²) >= 11 is 0. The van der Waals surface area contributed by atoms with Crippen LogP contribution < -0.4 is 9.47 Å². The molecule has 0 amide bonds. The highest BCUT2D eigenvalue weighted by Crippen LogP contribution is 2.45. The van der Waals surface area contributed by atoms with Crippen LogP contribution in [0.4, 0.5) is 4.39 Å². The van der Waals surface area contributed by atoms with Crippen LogP contribution in [0.3, 0.4) is 0 Å². The highest BCUT2D eigenvalue weighted by molar-refractivity contribution is 5.82. The number of halogens is 1. The Labute approximate surface area is 103 Å². The predicted molar refractivity (Wildman–Crippen MR) is 60.3 cm³/mol. The van der Waals surface area contributed by atoms with Crippen molar-refractivity contribution in [2.75, 3.05) is 6.79 Å². The fourth-order valence-electron chi connectivity index (χ4n) is 2.85. The van der Waals surface area contributed by atoms with Gasteiger partial charge in [0.25, 0.3) is 0 Å². The second-order valence-electron chi connectivity index (χ2n) is 4.79. The molecular formula is C13H13FO4. The zero-order chi connectivity index (χ0) is 12.8. The van der Waals surface area contributed by atoms with Crippen molar-refractivity contribution < 1.29 is 23.8 Å². The number of carboxylic acids is 1. The summed E-state index contributed by atoms with van der Waals surface area (Å²) in [5, 5.41) is 9.46. The summed E-state index contributed by atoms with van der Waals surface area (Å²) < 4.78 is 24.0. The SMILES string of the molecule is O=C(O)C1(c2cc(F)c3c(c2)OCO3)CCCC1. The molecular weight excluding hydrogens is 239 g/mol. The van der Waals surface area contributed by atoms with E-state index in [4.69, 9.17) is 9.47 Å². The maximum atomic E-state index is 13.8. The van der Waals surface area contributed by atoms with Crippen molar-refractivity contribution in [3.8, 4) is 11.5 Å². The number of hydrogen-bond donors (Lipinski definition) is 1. The van der Waals surface area contributed by atoms with Gasteiger partial charge in [0, 0.05) is 0 Å². The lowest BCUT2D eigenvalue weighted by Gasteiger charge is -2.24. The number of carbonyl (C=O) groups is 1. The molecule has 5 heteroatoms. The van der Waals surface area contributed by atoms with Crippen LogP contribution in [-0.2, 0) is 10.2 Å². The van der Waals surface area contributed by atoms with Gasteiger partial charge in [-0.15, -0.1) is 0 Å². The summed E-state index contributed by atoms with van der Waals surface area (Å²) in [6, 6.07) is 2.87. The largest absolute Gasteiger partial charge is 0.481 e. The van der Waals surface area contributed by atoms with E-state index in [9.17, 15) is 14.3 Å². The number of rotatable bonds is 2. The number of ether oxygens (including phenoxy) is 2. The van der Waals surface area contributed by atoms with Crippen LogP contribution in [0.2, 0.25) is 0 Å². The highest BCUT2D eigenvalue weighted by Gasteiger charge is 2.44. The summed E-state index contributed by atoms with van der Waals surface area (Å²) in [6.45, 7) is -0.0181. The van der Waals surface area contributed by atoms with Gasteiger partial charge in [-0.1, -0.05) is 12.8 Å². The predicted octanol–water partition coefficient (Wildman–Crippen LogP) is 2.45. The van der Waals surface area contributed by atoms with Gasteiger partial charge in [0.15, 0.2) is 11.6 Å². The second kappa shape index (κ2) is 3.86. The molecule has 0 atom stereocenters. The molecule has 4 nitrogen and oxygen atoms in total. The fraction of sp³-hybridized carbons (Fsp3) is 0.462. The standard InChI is InChI=1S/C13H13FO4/c14-9-5-8(6-10-11(9)18-7-17-10)13(12(15)16)3-1-2-4-13/h5-6H,1-4,7H2,(H,15,16). The van der Waals surface area contributed by atoms with Crippen LogP contribution in [0.25, 0.3) is 0 Å². The van der Waals surface area contributed by atoms with Crippen molar-refractivity contribution in [1.29, 1.82) is 0 Å². The number of benzene rings is 1. The Morgan fingerprint density at radius 1 is 1.28 bits per heavy atom. The van der Waals surface area contributed by atoms with E-state index >= 15 is 0 Å². The molecule has 3 rings (SSSR count). The van der Waals surface area contributed by atoms with Gasteiger partial charge in [-0.05, 0) is 30.5 Å². The Morgan fingerprint density at radius 3 is 2.67 bits per heavy atom.